The van der Waals surface area contributed by atoms with Crippen LogP contribution in [0.2, 0.25) is 5.02 Å². The van der Waals surface area contributed by atoms with Gasteiger partial charge in [-0.3, -0.25) is 10.1 Å². The number of nitro benzene ring substituents is 1. The molecule has 0 amide bonds. The summed E-state index contributed by atoms with van der Waals surface area (Å²) in [5, 5.41) is 11.3. The summed E-state index contributed by atoms with van der Waals surface area (Å²) < 4.78 is 6.02. The first-order valence-electron chi connectivity index (χ1n) is 5.92. The molecular weight excluding hydrogens is 381 g/mol. The molecular formula is C14H10BrCl2NO3. The van der Waals surface area contributed by atoms with E-state index in [1.165, 1.54) is 6.07 Å². The number of benzene rings is 2. The minimum atomic E-state index is -0.449. The molecule has 0 N–H and O–H groups in total. The van der Waals surface area contributed by atoms with Crippen LogP contribution in [0.1, 0.15) is 11.1 Å². The smallest absolute Gasteiger partial charge is 0.283 e. The molecule has 0 heterocycles. The second-order valence-corrected chi connectivity index (χ2v) is 5.66. The molecule has 4 nitrogen and oxygen atoms in total. The zero-order valence-corrected chi connectivity index (χ0v) is 13.8. The van der Waals surface area contributed by atoms with Gasteiger partial charge in [0, 0.05) is 17.5 Å². The molecule has 0 saturated carbocycles. The van der Waals surface area contributed by atoms with Crippen LogP contribution in [0.25, 0.3) is 0 Å². The van der Waals surface area contributed by atoms with Crippen LogP contribution in [-0.4, -0.2) is 4.92 Å². The summed E-state index contributed by atoms with van der Waals surface area (Å²) in [7, 11) is 0. The summed E-state index contributed by atoms with van der Waals surface area (Å²) in [4.78, 5) is 10.4. The van der Waals surface area contributed by atoms with Crippen molar-refractivity contribution in [1.82, 2.24) is 0 Å². The van der Waals surface area contributed by atoms with E-state index in [0.29, 0.717) is 26.7 Å². The topological polar surface area (TPSA) is 52.4 Å². The predicted molar refractivity (Wildman–Crippen MR) is 86.1 cm³/mol. The normalized spacial score (nSPS) is 10.4. The monoisotopic (exact) mass is 389 g/mol. The first-order valence-corrected chi connectivity index (χ1v) is 7.62. The first-order chi connectivity index (χ1) is 10.0. The SMILES string of the molecule is O=[N+]([O-])c1cccc(COc2ccc(CCl)cc2Cl)c1Br. The fourth-order valence-electron chi connectivity index (χ4n) is 1.72. The molecule has 0 radical (unpaired) electrons. The van der Waals surface area contributed by atoms with Crippen molar-refractivity contribution in [3.05, 3.63) is 67.1 Å². The Morgan fingerprint density at radius 3 is 2.67 bits per heavy atom. The van der Waals surface area contributed by atoms with Gasteiger partial charge < -0.3 is 4.74 Å². The molecule has 0 bridgehead atoms. The summed E-state index contributed by atoms with van der Waals surface area (Å²) in [6, 6.07) is 10.1. The third kappa shape index (κ3) is 3.87. The van der Waals surface area contributed by atoms with E-state index in [9.17, 15) is 10.1 Å². The second-order valence-electron chi connectivity index (χ2n) is 4.19. The van der Waals surface area contributed by atoms with Gasteiger partial charge in [-0.1, -0.05) is 29.8 Å². The van der Waals surface area contributed by atoms with Gasteiger partial charge in [0.15, 0.2) is 0 Å². The van der Waals surface area contributed by atoms with E-state index in [0.717, 1.165) is 5.56 Å². The highest BCUT2D eigenvalue weighted by atomic mass is 79.9. The van der Waals surface area contributed by atoms with Crippen molar-refractivity contribution in [3.63, 3.8) is 0 Å². The van der Waals surface area contributed by atoms with E-state index in [-0.39, 0.29) is 12.3 Å². The van der Waals surface area contributed by atoms with E-state index < -0.39 is 4.92 Å². The molecule has 2 aromatic carbocycles. The van der Waals surface area contributed by atoms with Gasteiger partial charge in [-0.05, 0) is 33.6 Å². The van der Waals surface area contributed by atoms with Crippen molar-refractivity contribution in [2.24, 2.45) is 0 Å². The Hall–Kier alpha value is -1.30. The minimum Gasteiger partial charge on any atom is -0.487 e. The highest BCUT2D eigenvalue weighted by Crippen LogP contribution is 2.31. The van der Waals surface area contributed by atoms with Crippen LogP contribution >= 0.6 is 39.1 Å². The summed E-state index contributed by atoms with van der Waals surface area (Å²) >= 11 is 15.0. The van der Waals surface area contributed by atoms with Crippen molar-refractivity contribution in [2.75, 3.05) is 0 Å². The van der Waals surface area contributed by atoms with Gasteiger partial charge in [-0.2, -0.15) is 0 Å². The number of nitrogens with zero attached hydrogens (tertiary/aromatic N) is 1. The molecule has 0 aliphatic rings. The number of rotatable bonds is 5. The number of hydrogen-bond donors (Lipinski definition) is 0. The Labute approximate surface area is 139 Å². The molecule has 110 valence electrons. The highest BCUT2D eigenvalue weighted by molar-refractivity contribution is 9.10. The molecule has 0 aliphatic heterocycles. The molecule has 0 fully saturated rings. The average Bonchev–Trinajstić information content (AvgIpc) is 2.46. The molecule has 0 spiro atoms. The van der Waals surface area contributed by atoms with E-state index in [2.05, 4.69) is 15.9 Å². The van der Waals surface area contributed by atoms with Crippen LogP contribution in [0.15, 0.2) is 40.9 Å². The van der Waals surface area contributed by atoms with Crippen LogP contribution in [0.5, 0.6) is 5.75 Å². The van der Waals surface area contributed by atoms with Crippen LogP contribution < -0.4 is 4.74 Å². The Kier molecular flexibility index (Phi) is 5.45. The van der Waals surface area contributed by atoms with E-state index in [1.54, 1.807) is 24.3 Å². The largest absolute Gasteiger partial charge is 0.487 e. The molecule has 21 heavy (non-hydrogen) atoms. The van der Waals surface area contributed by atoms with Crippen LogP contribution in [0, 0.1) is 10.1 Å². The van der Waals surface area contributed by atoms with Gasteiger partial charge >= 0.3 is 0 Å². The first kappa shape index (κ1) is 16.1. The van der Waals surface area contributed by atoms with Gasteiger partial charge in [-0.25, -0.2) is 0 Å². The van der Waals surface area contributed by atoms with E-state index in [4.69, 9.17) is 27.9 Å². The maximum atomic E-state index is 10.9. The van der Waals surface area contributed by atoms with Crippen molar-refractivity contribution in [3.8, 4) is 5.75 Å². The third-order valence-electron chi connectivity index (χ3n) is 2.79. The van der Waals surface area contributed by atoms with Crippen LogP contribution in [0.4, 0.5) is 5.69 Å². The lowest BCUT2D eigenvalue weighted by Crippen LogP contribution is -1.99. The maximum absolute atomic E-state index is 10.9. The molecule has 0 unspecified atom stereocenters. The second kappa shape index (κ2) is 7.11. The number of halogens is 3. The van der Waals surface area contributed by atoms with Crippen molar-refractivity contribution in [1.29, 1.82) is 0 Å². The molecule has 2 aromatic rings. The van der Waals surface area contributed by atoms with Crippen LogP contribution in [-0.2, 0) is 12.5 Å². The summed E-state index contributed by atoms with van der Waals surface area (Å²) in [6.45, 7) is 0.169. The van der Waals surface area contributed by atoms with E-state index >= 15 is 0 Å². The minimum absolute atomic E-state index is 0.000292. The lowest BCUT2D eigenvalue weighted by atomic mass is 10.2. The highest BCUT2D eigenvalue weighted by Gasteiger charge is 2.15. The van der Waals surface area contributed by atoms with E-state index in [1.807, 2.05) is 6.07 Å². The summed E-state index contributed by atoms with van der Waals surface area (Å²) in [5.74, 6) is 0.875. The van der Waals surface area contributed by atoms with Gasteiger partial charge in [-0.15, -0.1) is 11.6 Å². The zero-order chi connectivity index (χ0) is 15.4. The lowest BCUT2D eigenvalue weighted by Gasteiger charge is -2.10. The Morgan fingerprint density at radius 1 is 1.29 bits per heavy atom. The number of hydrogen-bond acceptors (Lipinski definition) is 3. The Morgan fingerprint density at radius 2 is 2.05 bits per heavy atom. The quantitative estimate of drug-likeness (QED) is 0.394. The lowest BCUT2D eigenvalue weighted by molar-refractivity contribution is -0.385. The molecule has 2 rings (SSSR count). The predicted octanol–water partition coefficient (Wildman–Crippen LogP) is 5.33. The molecule has 0 aromatic heterocycles. The Balaban J connectivity index is 2.17. The van der Waals surface area contributed by atoms with Gasteiger partial charge in [0.05, 0.1) is 9.95 Å². The molecule has 0 aliphatic carbocycles. The fourth-order valence-corrected chi connectivity index (χ4v) is 2.67. The van der Waals surface area contributed by atoms with Crippen molar-refractivity contribution in [2.45, 2.75) is 12.5 Å². The number of alkyl halides is 1. The average molecular weight is 391 g/mol. The fraction of sp³-hybridized carbons (Fsp3) is 0.143. The Bertz CT molecular complexity index is 679. The summed E-state index contributed by atoms with van der Waals surface area (Å²) in [6.07, 6.45) is 0. The number of ether oxygens (including phenoxy) is 1. The summed E-state index contributed by atoms with van der Waals surface area (Å²) in [5.41, 5.74) is 1.56. The van der Waals surface area contributed by atoms with Gasteiger partial charge in [0.1, 0.15) is 16.8 Å². The zero-order valence-electron chi connectivity index (χ0n) is 10.7. The standard InChI is InChI=1S/C14H10BrCl2NO3/c15-14-10(2-1-3-12(14)18(19)20)8-21-13-5-4-9(7-16)6-11(13)17/h1-6H,7-8H2. The molecule has 0 saturated heterocycles. The molecule has 0 atom stereocenters. The van der Waals surface area contributed by atoms with Gasteiger partial charge in [0.2, 0.25) is 0 Å². The number of nitro groups is 1. The van der Waals surface area contributed by atoms with Crippen molar-refractivity contribution < 1.29 is 9.66 Å². The van der Waals surface area contributed by atoms with Gasteiger partial charge in [0.25, 0.3) is 5.69 Å². The third-order valence-corrected chi connectivity index (χ3v) is 4.31. The maximum Gasteiger partial charge on any atom is 0.283 e. The molecule has 7 heteroatoms. The van der Waals surface area contributed by atoms with Crippen LogP contribution in [0.3, 0.4) is 0 Å². The van der Waals surface area contributed by atoms with Crippen molar-refractivity contribution >= 4 is 44.8 Å².